The molecule has 4 rings (SSSR count). The van der Waals surface area contributed by atoms with Crippen molar-refractivity contribution in [3.63, 3.8) is 0 Å². The highest BCUT2D eigenvalue weighted by molar-refractivity contribution is 5.92. The number of fused-ring (bicyclic) bond motifs is 3. The number of hydrogen-bond donors (Lipinski definition) is 0. The highest BCUT2D eigenvalue weighted by Gasteiger charge is 2.14. The highest BCUT2D eigenvalue weighted by Crippen LogP contribution is 2.28. The quantitative estimate of drug-likeness (QED) is 0.533. The molecule has 0 fully saturated rings. The second-order valence-corrected chi connectivity index (χ2v) is 5.21. The van der Waals surface area contributed by atoms with Gasteiger partial charge in [0.25, 0.3) is 0 Å². The molecule has 0 aliphatic carbocycles. The molecule has 4 aromatic rings. The zero-order chi connectivity index (χ0) is 14.4. The van der Waals surface area contributed by atoms with Gasteiger partial charge >= 0.3 is 0 Å². The molecule has 4 heteroatoms. The molecule has 0 bridgehead atoms. The molecule has 0 aliphatic heterocycles. The minimum Gasteiger partial charge on any atom is -0.228 e. The Labute approximate surface area is 122 Å². The van der Waals surface area contributed by atoms with E-state index in [-0.39, 0.29) is 0 Å². The van der Waals surface area contributed by atoms with E-state index < -0.39 is 0 Å². The Morgan fingerprint density at radius 2 is 1.67 bits per heavy atom. The molecular formula is C17H14N4. The molecule has 2 aromatic heterocycles. The first-order chi connectivity index (χ1) is 10.3. The molecule has 102 valence electrons. The van der Waals surface area contributed by atoms with Crippen LogP contribution in [0.1, 0.15) is 11.1 Å². The summed E-state index contributed by atoms with van der Waals surface area (Å²) < 4.78 is 1.83. The van der Waals surface area contributed by atoms with Gasteiger partial charge in [-0.1, -0.05) is 30.3 Å². The second-order valence-electron chi connectivity index (χ2n) is 5.21. The lowest BCUT2D eigenvalue weighted by atomic mass is 10.0. The lowest BCUT2D eigenvalue weighted by Gasteiger charge is -2.11. The summed E-state index contributed by atoms with van der Waals surface area (Å²) in [7, 11) is 0. The molecule has 0 spiro atoms. The normalized spacial score (nSPS) is 11.3. The molecule has 0 saturated carbocycles. The van der Waals surface area contributed by atoms with Crippen molar-refractivity contribution in [3.8, 4) is 11.4 Å². The minimum atomic E-state index is 0.844. The highest BCUT2D eigenvalue weighted by atomic mass is 15.3. The first-order valence-corrected chi connectivity index (χ1v) is 6.91. The molecule has 0 unspecified atom stereocenters. The predicted octanol–water partition coefficient (Wildman–Crippen LogP) is 3.56. The van der Waals surface area contributed by atoms with Gasteiger partial charge in [0.1, 0.15) is 6.33 Å². The van der Waals surface area contributed by atoms with Crippen molar-refractivity contribution < 1.29 is 0 Å². The fourth-order valence-electron chi connectivity index (χ4n) is 2.83. The standard InChI is InChI=1S/C17H14N4/c1-11-6-5-7-12(2)15(11)17-20-14-9-4-3-8-13(14)16-18-10-19-21(16)17/h3-10H,1-2H3. The maximum absolute atomic E-state index is 4.83. The van der Waals surface area contributed by atoms with Crippen LogP contribution in [0.2, 0.25) is 0 Å². The molecule has 0 saturated heterocycles. The monoisotopic (exact) mass is 274 g/mol. The summed E-state index contributed by atoms with van der Waals surface area (Å²) in [4.78, 5) is 9.23. The van der Waals surface area contributed by atoms with Crippen LogP contribution in [-0.2, 0) is 0 Å². The van der Waals surface area contributed by atoms with Gasteiger partial charge in [-0.2, -0.15) is 9.61 Å². The maximum atomic E-state index is 4.83. The number of aryl methyl sites for hydroxylation is 2. The molecule has 2 aromatic carbocycles. The van der Waals surface area contributed by atoms with Crippen molar-refractivity contribution in [3.05, 3.63) is 59.9 Å². The predicted molar refractivity (Wildman–Crippen MR) is 83.2 cm³/mol. The van der Waals surface area contributed by atoms with Crippen LogP contribution in [0.15, 0.2) is 48.8 Å². The van der Waals surface area contributed by atoms with E-state index in [1.54, 1.807) is 6.33 Å². The van der Waals surface area contributed by atoms with Crippen LogP contribution in [0, 0.1) is 13.8 Å². The summed E-state index contributed by atoms with van der Waals surface area (Å²) in [5.74, 6) is 0.844. The largest absolute Gasteiger partial charge is 0.228 e. The smallest absolute Gasteiger partial charge is 0.167 e. The van der Waals surface area contributed by atoms with E-state index in [1.165, 1.54) is 11.1 Å². The summed E-state index contributed by atoms with van der Waals surface area (Å²) in [6.07, 6.45) is 1.58. The number of benzene rings is 2. The van der Waals surface area contributed by atoms with Gasteiger partial charge in [0, 0.05) is 10.9 Å². The van der Waals surface area contributed by atoms with Gasteiger partial charge in [-0.15, -0.1) is 0 Å². The Hall–Kier alpha value is -2.75. The van der Waals surface area contributed by atoms with Crippen molar-refractivity contribution in [2.75, 3.05) is 0 Å². The van der Waals surface area contributed by atoms with Crippen LogP contribution in [0.3, 0.4) is 0 Å². The van der Waals surface area contributed by atoms with E-state index in [9.17, 15) is 0 Å². The fourth-order valence-corrected chi connectivity index (χ4v) is 2.83. The van der Waals surface area contributed by atoms with Crippen LogP contribution < -0.4 is 0 Å². The molecule has 2 heterocycles. The topological polar surface area (TPSA) is 43.1 Å². The number of hydrogen-bond acceptors (Lipinski definition) is 3. The van der Waals surface area contributed by atoms with E-state index in [1.807, 2.05) is 28.8 Å². The Morgan fingerprint density at radius 1 is 0.905 bits per heavy atom. The fraction of sp³-hybridized carbons (Fsp3) is 0.118. The number of aromatic nitrogens is 4. The Balaban J connectivity index is 2.19. The van der Waals surface area contributed by atoms with Crippen molar-refractivity contribution in [2.45, 2.75) is 13.8 Å². The summed E-state index contributed by atoms with van der Waals surface area (Å²) in [5.41, 5.74) is 5.29. The molecular weight excluding hydrogens is 260 g/mol. The lowest BCUT2D eigenvalue weighted by Crippen LogP contribution is -2.02. The number of nitrogens with zero attached hydrogens (tertiary/aromatic N) is 4. The van der Waals surface area contributed by atoms with Gasteiger partial charge in [0.15, 0.2) is 11.5 Å². The van der Waals surface area contributed by atoms with Gasteiger partial charge in [-0.3, -0.25) is 0 Å². The van der Waals surface area contributed by atoms with Gasteiger partial charge in [-0.05, 0) is 37.1 Å². The van der Waals surface area contributed by atoms with Crippen molar-refractivity contribution in [1.29, 1.82) is 0 Å². The SMILES string of the molecule is Cc1cccc(C)c1-c1nc2ccccc2c2ncnn12. The zero-order valence-electron chi connectivity index (χ0n) is 11.9. The van der Waals surface area contributed by atoms with Crippen LogP contribution in [-0.4, -0.2) is 19.6 Å². The average molecular weight is 274 g/mol. The number of para-hydroxylation sites is 1. The Kier molecular flexibility index (Phi) is 2.51. The van der Waals surface area contributed by atoms with Crippen LogP contribution in [0.4, 0.5) is 0 Å². The van der Waals surface area contributed by atoms with Crippen LogP contribution in [0.5, 0.6) is 0 Å². The Bertz CT molecular complexity index is 949. The molecule has 0 amide bonds. The van der Waals surface area contributed by atoms with Gasteiger partial charge < -0.3 is 0 Å². The van der Waals surface area contributed by atoms with Gasteiger partial charge in [0.05, 0.1) is 5.52 Å². The number of rotatable bonds is 1. The molecule has 0 aliphatic rings. The van der Waals surface area contributed by atoms with Crippen molar-refractivity contribution in [1.82, 2.24) is 19.6 Å². The zero-order valence-corrected chi connectivity index (χ0v) is 11.9. The first-order valence-electron chi connectivity index (χ1n) is 6.91. The van der Waals surface area contributed by atoms with Crippen LogP contribution >= 0.6 is 0 Å². The maximum Gasteiger partial charge on any atom is 0.167 e. The molecule has 0 radical (unpaired) electrons. The second kappa shape index (κ2) is 4.38. The summed E-state index contributed by atoms with van der Waals surface area (Å²) in [5, 5.41) is 5.39. The third-order valence-corrected chi connectivity index (χ3v) is 3.82. The van der Waals surface area contributed by atoms with Crippen molar-refractivity contribution in [2.24, 2.45) is 0 Å². The first kappa shape index (κ1) is 12.0. The minimum absolute atomic E-state index is 0.844. The van der Waals surface area contributed by atoms with Gasteiger partial charge in [0.2, 0.25) is 0 Å². The van der Waals surface area contributed by atoms with Crippen molar-refractivity contribution >= 4 is 16.6 Å². The molecule has 0 atom stereocenters. The van der Waals surface area contributed by atoms with Gasteiger partial charge in [-0.25, -0.2) is 9.97 Å². The molecule has 0 N–H and O–H groups in total. The van der Waals surface area contributed by atoms with Crippen LogP contribution in [0.25, 0.3) is 27.9 Å². The van der Waals surface area contributed by atoms with E-state index in [2.05, 4.69) is 42.1 Å². The lowest BCUT2D eigenvalue weighted by molar-refractivity contribution is 0.941. The van der Waals surface area contributed by atoms with E-state index in [4.69, 9.17) is 4.98 Å². The summed E-state index contributed by atoms with van der Waals surface area (Å²) in [6, 6.07) is 14.3. The molecule has 21 heavy (non-hydrogen) atoms. The summed E-state index contributed by atoms with van der Waals surface area (Å²) in [6.45, 7) is 4.20. The van der Waals surface area contributed by atoms with E-state index in [0.717, 1.165) is 27.9 Å². The van der Waals surface area contributed by atoms with E-state index >= 15 is 0 Å². The average Bonchev–Trinajstić information content (AvgIpc) is 2.97. The Morgan fingerprint density at radius 3 is 2.48 bits per heavy atom. The third-order valence-electron chi connectivity index (χ3n) is 3.82. The molecule has 4 nitrogen and oxygen atoms in total. The summed E-state index contributed by atoms with van der Waals surface area (Å²) >= 11 is 0. The third kappa shape index (κ3) is 1.72. The van der Waals surface area contributed by atoms with E-state index in [0.29, 0.717) is 0 Å².